The number of allylic oxidation sites excluding steroid dienone is 4. The third kappa shape index (κ3) is 1.53. The van der Waals surface area contributed by atoms with Crippen LogP contribution in [-0.2, 0) is 14.3 Å². The van der Waals surface area contributed by atoms with Gasteiger partial charge in [0.15, 0.2) is 5.78 Å². The molecule has 3 heteroatoms. The van der Waals surface area contributed by atoms with Crippen LogP contribution in [0.15, 0.2) is 23.8 Å². The Labute approximate surface area is 160 Å². The Morgan fingerprint density at radius 2 is 1.93 bits per heavy atom. The van der Waals surface area contributed by atoms with Gasteiger partial charge in [-0.2, -0.15) is 0 Å². The zero-order valence-electron chi connectivity index (χ0n) is 16.2. The highest BCUT2D eigenvalue weighted by Gasteiger charge is 2.80. The molecule has 142 valence electrons. The molecule has 5 saturated carbocycles. The van der Waals surface area contributed by atoms with E-state index in [1.54, 1.807) is 0 Å². The second-order valence-electron chi connectivity index (χ2n) is 11.2. The van der Waals surface area contributed by atoms with E-state index in [4.69, 9.17) is 4.74 Å². The van der Waals surface area contributed by atoms with Gasteiger partial charge < -0.3 is 4.74 Å². The summed E-state index contributed by atoms with van der Waals surface area (Å²) >= 11 is 0. The van der Waals surface area contributed by atoms with Gasteiger partial charge in [-0.05, 0) is 79.8 Å². The molecule has 0 aromatic carbocycles. The fourth-order valence-electron chi connectivity index (χ4n) is 9.38. The number of hydrogen-bond donors (Lipinski definition) is 0. The summed E-state index contributed by atoms with van der Waals surface area (Å²) in [5.41, 5.74) is 1.54. The SMILES string of the molecule is C[C@]12C=CC(=O)C=C1[C@@H]1C[C@@H]1C1C3[C@@H]4C[C@@H]4[C@@]4(CCC(=O)O4)[C@@]3(C)CC[C@@H]12. The van der Waals surface area contributed by atoms with Gasteiger partial charge in [0.2, 0.25) is 0 Å². The maximum Gasteiger partial charge on any atom is 0.306 e. The molecule has 3 nitrogen and oxygen atoms in total. The molecule has 0 amide bonds. The van der Waals surface area contributed by atoms with Crippen molar-refractivity contribution in [2.24, 2.45) is 52.3 Å². The first-order valence-electron chi connectivity index (χ1n) is 11.1. The lowest BCUT2D eigenvalue weighted by Crippen LogP contribution is -2.57. The Kier molecular flexibility index (Phi) is 2.46. The number of carbonyl (C=O) groups is 2. The van der Waals surface area contributed by atoms with Crippen LogP contribution in [0.5, 0.6) is 0 Å². The summed E-state index contributed by atoms with van der Waals surface area (Å²) in [6.07, 6.45) is 12.6. The van der Waals surface area contributed by atoms with E-state index < -0.39 is 0 Å². The van der Waals surface area contributed by atoms with Gasteiger partial charge in [0.05, 0.1) is 0 Å². The van der Waals surface area contributed by atoms with E-state index in [2.05, 4.69) is 19.9 Å². The Morgan fingerprint density at radius 1 is 1.07 bits per heavy atom. The highest BCUT2D eigenvalue weighted by Crippen LogP contribution is 2.82. The van der Waals surface area contributed by atoms with Gasteiger partial charge >= 0.3 is 5.97 Å². The smallest absolute Gasteiger partial charge is 0.306 e. The van der Waals surface area contributed by atoms with Crippen molar-refractivity contribution >= 4 is 11.8 Å². The fraction of sp³-hybridized carbons (Fsp3) is 0.750. The van der Waals surface area contributed by atoms with Crippen LogP contribution in [0.3, 0.4) is 0 Å². The van der Waals surface area contributed by atoms with Crippen molar-refractivity contribution in [1.82, 2.24) is 0 Å². The van der Waals surface area contributed by atoms with Gasteiger partial charge in [-0.1, -0.05) is 25.5 Å². The summed E-state index contributed by atoms with van der Waals surface area (Å²) in [4.78, 5) is 24.2. The minimum Gasteiger partial charge on any atom is -0.458 e. The van der Waals surface area contributed by atoms with Crippen LogP contribution in [-0.4, -0.2) is 17.4 Å². The molecule has 0 bridgehead atoms. The topological polar surface area (TPSA) is 43.4 Å². The first kappa shape index (κ1) is 15.5. The average Bonchev–Trinajstić information content (AvgIpc) is 3.53. The second-order valence-corrected chi connectivity index (χ2v) is 11.2. The van der Waals surface area contributed by atoms with E-state index in [1.807, 2.05) is 12.2 Å². The number of carbonyl (C=O) groups excluding carboxylic acids is 2. The zero-order valence-corrected chi connectivity index (χ0v) is 16.2. The number of ketones is 1. The van der Waals surface area contributed by atoms with Crippen LogP contribution in [0.4, 0.5) is 0 Å². The lowest BCUT2D eigenvalue weighted by Gasteiger charge is -2.59. The molecule has 6 aliphatic carbocycles. The molecule has 27 heavy (non-hydrogen) atoms. The van der Waals surface area contributed by atoms with Crippen molar-refractivity contribution in [2.75, 3.05) is 0 Å². The monoisotopic (exact) mass is 364 g/mol. The molecule has 10 atom stereocenters. The van der Waals surface area contributed by atoms with Gasteiger partial charge in [0, 0.05) is 23.2 Å². The fourth-order valence-corrected chi connectivity index (χ4v) is 9.38. The Balaban J connectivity index is 1.34. The third-order valence-electron chi connectivity index (χ3n) is 10.5. The Bertz CT molecular complexity index is 869. The van der Waals surface area contributed by atoms with Crippen LogP contribution >= 0.6 is 0 Å². The molecule has 1 heterocycles. The van der Waals surface area contributed by atoms with E-state index in [-0.39, 0.29) is 28.2 Å². The first-order chi connectivity index (χ1) is 12.9. The number of fused-ring (bicyclic) bond motifs is 12. The molecule has 0 N–H and O–H groups in total. The molecular formula is C24H28O3. The molecule has 1 spiro atoms. The Hall–Kier alpha value is -1.38. The molecule has 6 fully saturated rings. The Morgan fingerprint density at radius 3 is 2.70 bits per heavy atom. The molecule has 1 aliphatic heterocycles. The van der Waals surface area contributed by atoms with Crippen molar-refractivity contribution in [3.05, 3.63) is 23.8 Å². The summed E-state index contributed by atoms with van der Waals surface area (Å²) < 4.78 is 6.20. The largest absolute Gasteiger partial charge is 0.458 e. The minimum atomic E-state index is -0.149. The molecule has 0 aromatic heterocycles. The minimum absolute atomic E-state index is 0.0449. The highest BCUT2D eigenvalue weighted by molar-refractivity contribution is 6.01. The van der Waals surface area contributed by atoms with Gasteiger partial charge in [0.1, 0.15) is 5.60 Å². The second kappa shape index (κ2) is 4.28. The summed E-state index contributed by atoms with van der Waals surface area (Å²) in [5, 5.41) is 0. The van der Waals surface area contributed by atoms with Crippen molar-refractivity contribution in [2.45, 2.75) is 58.0 Å². The van der Waals surface area contributed by atoms with Gasteiger partial charge in [-0.25, -0.2) is 0 Å². The lowest BCUT2D eigenvalue weighted by molar-refractivity contribution is -0.176. The summed E-state index contributed by atoms with van der Waals surface area (Å²) in [6, 6.07) is 0. The van der Waals surface area contributed by atoms with Crippen molar-refractivity contribution in [1.29, 1.82) is 0 Å². The lowest BCUT2D eigenvalue weighted by atomic mass is 9.46. The van der Waals surface area contributed by atoms with Crippen LogP contribution in [0.1, 0.15) is 52.4 Å². The first-order valence-corrected chi connectivity index (χ1v) is 11.1. The van der Waals surface area contributed by atoms with Crippen LogP contribution in [0.2, 0.25) is 0 Å². The third-order valence-corrected chi connectivity index (χ3v) is 10.5. The van der Waals surface area contributed by atoms with Gasteiger partial charge in [-0.15, -0.1) is 0 Å². The zero-order chi connectivity index (χ0) is 18.3. The molecular weight excluding hydrogens is 336 g/mol. The van der Waals surface area contributed by atoms with Crippen molar-refractivity contribution < 1.29 is 14.3 Å². The average molecular weight is 364 g/mol. The molecule has 0 aromatic rings. The molecule has 2 unspecified atom stereocenters. The summed E-state index contributed by atoms with van der Waals surface area (Å²) in [5.74, 6) is 5.16. The number of hydrogen-bond acceptors (Lipinski definition) is 3. The predicted octanol–water partition coefficient (Wildman–Crippen LogP) is 4.08. The predicted molar refractivity (Wildman–Crippen MR) is 99.4 cm³/mol. The summed E-state index contributed by atoms with van der Waals surface area (Å²) in [6.45, 7) is 4.88. The quantitative estimate of drug-likeness (QED) is 0.608. The van der Waals surface area contributed by atoms with E-state index in [0.717, 1.165) is 24.2 Å². The number of rotatable bonds is 0. The standard InChI is InChI=1S/C24H28O3/c1-22-6-3-12(25)9-17(22)13-10-14(13)20-16(22)4-7-23(2)21(20)15-11-18(15)24(23)8-5-19(26)27-24/h3,6,9,13-16,18,20-21H,4-5,7-8,10-11H2,1-2H3/t13-,14+,15-,16+,18+,20?,21?,22-,23+,24+/m1/s1. The van der Waals surface area contributed by atoms with Crippen molar-refractivity contribution in [3.63, 3.8) is 0 Å². The van der Waals surface area contributed by atoms with Gasteiger partial charge in [0.25, 0.3) is 0 Å². The van der Waals surface area contributed by atoms with Crippen LogP contribution < -0.4 is 0 Å². The molecule has 1 saturated heterocycles. The maximum atomic E-state index is 12.1. The number of esters is 1. The number of ether oxygens (including phenoxy) is 1. The van der Waals surface area contributed by atoms with E-state index in [1.165, 1.54) is 31.3 Å². The van der Waals surface area contributed by atoms with E-state index >= 15 is 0 Å². The molecule has 7 rings (SSSR count). The van der Waals surface area contributed by atoms with E-state index in [9.17, 15) is 9.59 Å². The maximum absolute atomic E-state index is 12.1. The van der Waals surface area contributed by atoms with Gasteiger partial charge in [-0.3, -0.25) is 9.59 Å². The van der Waals surface area contributed by atoms with Crippen LogP contribution in [0, 0.1) is 52.3 Å². The van der Waals surface area contributed by atoms with Crippen LogP contribution in [0.25, 0.3) is 0 Å². The molecule has 7 aliphatic rings. The van der Waals surface area contributed by atoms with E-state index in [0.29, 0.717) is 30.1 Å². The molecule has 0 radical (unpaired) electrons. The van der Waals surface area contributed by atoms with Crippen molar-refractivity contribution in [3.8, 4) is 0 Å². The summed E-state index contributed by atoms with van der Waals surface area (Å²) in [7, 11) is 0. The highest BCUT2D eigenvalue weighted by atomic mass is 16.6. The normalized spacial score (nSPS) is 61.4.